The Kier molecular flexibility index (Phi) is 3.05. The topological polar surface area (TPSA) is 68.2 Å². The predicted molar refractivity (Wildman–Crippen MR) is 77.1 cm³/mol. The molecule has 1 aliphatic carbocycles. The summed E-state index contributed by atoms with van der Waals surface area (Å²) in [4.78, 5) is 8.70. The highest BCUT2D eigenvalue weighted by atomic mass is 15.1. The van der Waals surface area contributed by atoms with Crippen molar-refractivity contribution >= 4 is 17.3 Å². The Balaban J connectivity index is 1.79. The Hall–Kier alpha value is -1.78. The molecule has 0 aromatic carbocycles. The lowest BCUT2D eigenvalue weighted by Gasteiger charge is -2.33. The highest BCUT2D eigenvalue weighted by molar-refractivity contribution is 5.64. The van der Waals surface area contributed by atoms with Gasteiger partial charge in [-0.15, -0.1) is 0 Å². The third kappa shape index (κ3) is 2.50. The Labute approximate surface area is 113 Å². The van der Waals surface area contributed by atoms with E-state index in [1.165, 1.54) is 32.1 Å². The van der Waals surface area contributed by atoms with Crippen LogP contribution < -0.4 is 11.1 Å². The molecule has 0 atom stereocenters. The van der Waals surface area contributed by atoms with E-state index in [9.17, 15) is 0 Å². The number of hydrogen-bond acceptors (Lipinski definition) is 4. The Morgan fingerprint density at radius 2 is 2.16 bits per heavy atom. The third-order valence-electron chi connectivity index (χ3n) is 4.14. The van der Waals surface area contributed by atoms with Crippen LogP contribution in [-0.4, -0.2) is 20.9 Å². The quantitative estimate of drug-likeness (QED) is 0.889. The van der Waals surface area contributed by atoms with Gasteiger partial charge in [0.2, 0.25) is 0 Å². The Morgan fingerprint density at radius 1 is 1.37 bits per heavy atom. The summed E-state index contributed by atoms with van der Waals surface area (Å²) in [7, 11) is 0. The van der Waals surface area contributed by atoms with Gasteiger partial charge in [-0.2, -0.15) is 0 Å². The zero-order chi connectivity index (χ0) is 13.3. The molecule has 2 aromatic heterocycles. The van der Waals surface area contributed by atoms with E-state index < -0.39 is 0 Å². The Morgan fingerprint density at radius 3 is 2.95 bits per heavy atom. The van der Waals surface area contributed by atoms with Crippen LogP contribution in [0.4, 0.5) is 11.6 Å². The molecule has 5 heteroatoms. The summed E-state index contributed by atoms with van der Waals surface area (Å²) in [6.45, 7) is 3.29. The first-order valence-corrected chi connectivity index (χ1v) is 6.99. The fourth-order valence-corrected chi connectivity index (χ4v) is 2.95. The van der Waals surface area contributed by atoms with Gasteiger partial charge < -0.3 is 15.5 Å². The first-order chi connectivity index (χ1) is 9.16. The number of fused-ring (bicyclic) bond motifs is 1. The number of nitrogen functional groups attached to an aromatic ring is 1. The minimum Gasteiger partial charge on any atom is -0.382 e. The van der Waals surface area contributed by atoms with E-state index in [0.29, 0.717) is 11.2 Å². The first kappa shape index (κ1) is 12.3. The average molecular weight is 259 g/mol. The minimum atomic E-state index is 0.369. The van der Waals surface area contributed by atoms with Crippen LogP contribution in [0, 0.1) is 5.41 Å². The van der Waals surface area contributed by atoms with Crippen molar-refractivity contribution in [2.45, 2.75) is 39.0 Å². The molecule has 3 N–H and O–H groups in total. The van der Waals surface area contributed by atoms with E-state index in [0.717, 1.165) is 18.0 Å². The summed E-state index contributed by atoms with van der Waals surface area (Å²) >= 11 is 0. The van der Waals surface area contributed by atoms with Gasteiger partial charge in [-0.1, -0.05) is 26.2 Å². The molecule has 0 amide bonds. The number of nitrogens with two attached hydrogens (primary N) is 1. The maximum absolute atomic E-state index is 5.83. The van der Waals surface area contributed by atoms with Crippen LogP contribution in [-0.2, 0) is 0 Å². The molecule has 1 fully saturated rings. The van der Waals surface area contributed by atoms with Crippen LogP contribution in [0.2, 0.25) is 0 Å². The normalized spacial score (nSPS) is 18.6. The van der Waals surface area contributed by atoms with E-state index in [1.54, 1.807) is 12.4 Å². The molecule has 3 rings (SSSR count). The summed E-state index contributed by atoms with van der Waals surface area (Å²) in [6, 6.07) is 0. The molecular formula is C14H21N5. The molecule has 0 bridgehead atoms. The fraction of sp³-hybridized carbons (Fsp3) is 0.571. The van der Waals surface area contributed by atoms with Crippen molar-refractivity contribution < 1.29 is 0 Å². The summed E-state index contributed by atoms with van der Waals surface area (Å²) in [5, 5.41) is 3.45. The smallest absolute Gasteiger partial charge is 0.180 e. The van der Waals surface area contributed by atoms with Gasteiger partial charge in [-0.3, -0.25) is 0 Å². The van der Waals surface area contributed by atoms with Gasteiger partial charge in [0.1, 0.15) is 5.82 Å². The molecule has 2 heterocycles. The van der Waals surface area contributed by atoms with Crippen molar-refractivity contribution in [3.63, 3.8) is 0 Å². The standard InChI is InChI=1S/C14H21N5/c1-14(5-3-2-4-6-14)10-17-12-13-16-7-8-19(13)9-11(15)18-12/h7-9H,2-6,10,15H2,1H3,(H,17,18). The highest BCUT2D eigenvalue weighted by Gasteiger charge is 2.26. The van der Waals surface area contributed by atoms with Crippen LogP contribution in [0.1, 0.15) is 39.0 Å². The summed E-state index contributed by atoms with van der Waals surface area (Å²) in [5.74, 6) is 1.30. The van der Waals surface area contributed by atoms with Gasteiger partial charge in [-0.05, 0) is 18.3 Å². The molecule has 0 spiro atoms. The molecule has 2 aromatic rings. The minimum absolute atomic E-state index is 0.369. The second kappa shape index (κ2) is 4.72. The largest absolute Gasteiger partial charge is 0.382 e. The van der Waals surface area contributed by atoms with E-state index in [4.69, 9.17) is 5.73 Å². The lowest BCUT2D eigenvalue weighted by Crippen LogP contribution is -2.29. The van der Waals surface area contributed by atoms with E-state index in [2.05, 4.69) is 22.2 Å². The van der Waals surface area contributed by atoms with Gasteiger partial charge in [0.05, 0.1) is 6.20 Å². The molecule has 19 heavy (non-hydrogen) atoms. The van der Waals surface area contributed by atoms with Crippen molar-refractivity contribution in [2.75, 3.05) is 17.6 Å². The summed E-state index contributed by atoms with van der Waals surface area (Å²) in [5.41, 5.74) is 7.04. The van der Waals surface area contributed by atoms with Crippen molar-refractivity contribution in [3.05, 3.63) is 18.6 Å². The molecule has 0 aliphatic heterocycles. The lowest BCUT2D eigenvalue weighted by molar-refractivity contribution is 0.233. The van der Waals surface area contributed by atoms with Gasteiger partial charge in [0, 0.05) is 18.9 Å². The zero-order valence-corrected chi connectivity index (χ0v) is 11.4. The SMILES string of the molecule is CC1(CNc2nc(N)cn3ccnc23)CCCCC1. The van der Waals surface area contributed by atoms with Crippen molar-refractivity contribution in [1.29, 1.82) is 0 Å². The maximum Gasteiger partial charge on any atom is 0.180 e. The molecule has 0 saturated heterocycles. The molecule has 1 saturated carbocycles. The van der Waals surface area contributed by atoms with Gasteiger partial charge in [0.25, 0.3) is 0 Å². The molecule has 0 unspecified atom stereocenters. The van der Waals surface area contributed by atoms with Crippen LogP contribution in [0.5, 0.6) is 0 Å². The number of nitrogens with zero attached hydrogens (tertiary/aromatic N) is 3. The third-order valence-corrected chi connectivity index (χ3v) is 4.14. The molecule has 1 aliphatic rings. The number of aromatic nitrogens is 3. The molecular weight excluding hydrogens is 238 g/mol. The van der Waals surface area contributed by atoms with Crippen LogP contribution >= 0.6 is 0 Å². The lowest BCUT2D eigenvalue weighted by atomic mass is 9.76. The fourth-order valence-electron chi connectivity index (χ4n) is 2.95. The molecule has 5 nitrogen and oxygen atoms in total. The molecule has 0 radical (unpaired) electrons. The predicted octanol–water partition coefficient (Wildman–Crippen LogP) is 2.69. The van der Waals surface area contributed by atoms with Gasteiger partial charge >= 0.3 is 0 Å². The monoisotopic (exact) mass is 259 g/mol. The Bertz CT molecular complexity index is 568. The van der Waals surface area contributed by atoms with E-state index in [-0.39, 0.29) is 0 Å². The van der Waals surface area contributed by atoms with E-state index >= 15 is 0 Å². The zero-order valence-electron chi connectivity index (χ0n) is 11.4. The van der Waals surface area contributed by atoms with Gasteiger partial charge in [-0.25, -0.2) is 9.97 Å². The second-order valence-electron chi connectivity index (χ2n) is 5.90. The van der Waals surface area contributed by atoms with Crippen molar-refractivity contribution in [3.8, 4) is 0 Å². The number of nitrogens with one attached hydrogen (secondary N) is 1. The number of anilines is 2. The first-order valence-electron chi connectivity index (χ1n) is 6.99. The van der Waals surface area contributed by atoms with E-state index in [1.807, 2.05) is 10.6 Å². The summed E-state index contributed by atoms with van der Waals surface area (Å²) in [6.07, 6.45) is 12.1. The van der Waals surface area contributed by atoms with Crippen molar-refractivity contribution in [1.82, 2.24) is 14.4 Å². The number of imidazole rings is 1. The molecule has 102 valence electrons. The van der Waals surface area contributed by atoms with Crippen LogP contribution in [0.15, 0.2) is 18.6 Å². The van der Waals surface area contributed by atoms with Crippen LogP contribution in [0.25, 0.3) is 5.65 Å². The highest BCUT2D eigenvalue weighted by Crippen LogP contribution is 2.35. The number of hydrogen-bond donors (Lipinski definition) is 2. The van der Waals surface area contributed by atoms with Crippen LogP contribution in [0.3, 0.4) is 0 Å². The van der Waals surface area contributed by atoms with Gasteiger partial charge in [0.15, 0.2) is 11.5 Å². The van der Waals surface area contributed by atoms with Crippen molar-refractivity contribution in [2.24, 2.45) is 5.41 Å². The maximum atomic E-state index is 5.83. The summed E-state index contributed by atoms with van der Waals surface area (Å²) < 4.78 is 1.91. The average Bonchev–Trinajstić information content (AvgIpc) is 2.85. The number of rotatable bonds is 3. The second-order valence-corrected chi connectivity index (χ2v) is 5.90.